The van der Waals surface area contributed by atoms with Crippen molar-refractivity contribution in [1.29, 1.82) is 0 Å². The summed E-state index contributed by atoms with van der Waals surface area (Å²) in [6.45, 7) is 7.00. The number of benzene rings is 1. The highest BCUT2D eigenvalue weighted by atomic mass is 19.1. The summed E-state index contributed by atoms with van der Waals surface area (Å²) in [6.07, 6.45) is 11.1. The maximum atomic E-state index is 14.6. The van der Waals surface area contributed by atoms with Crippen molar-refractivity contribution in [1.82, 2.24) is 14.6 Å². The van der Waals surface area contributed by atoms with Gasteiger partial charge in [-0.15, -0.1) is 0 Å². The quantitative estimate of drug-likeness (QED) is 0.479. The van der Waals surface area contributed by atoms with E-state index >= 15 is 0 Å². The minimum absolute atomic E-state index is 0.0664. The molecule has 2 heterocycles. The van der Waals surface area contributed by atoms with Crippen LogP contribution >= 0.6 is 0 Å². The van der Waals surface area contributed by atoms with E-state index in [0.29, 0.717) is 34.3 Å². The summed E-state index contributed by atoms with van der Waals surface area (Å²) < 4.78 is 16.5. The van der Waals surface area contributed by atoms with Gasteiger partial charge in [0.15, 0.2) is 5.65 Å². The zero-order valence-electron chi connectivity index (χ0n) is 19.9. The summed E-state index contributed by atoms with van der Waals surface area (Å²) in [5.41, 5.74) is 3.68. The summed E-state index contributed by atoms with van der Waals surface area (Å²) in [6, 6.07) is 5.11. The van der Waals surface area contributed by atoms with E-state index in [2.05, 4.69) is 20.8 Å². The molecule has 4 nitrogen and oxygen atoms in total. The molecule has 0 amide bonds. The molecule has 0 bridgehead atoms. The Morgan fingerprint density at radius 2 is 1.88 bits per heavy atom. The third-order valence-corrected chi connectivity index (χ3v) is 11.2. The number of hydrogen-bond acceptors (Lipinski definition) is 3. The number of nitrogens with zero attached hydrogens (tertiary/aromatic N) is 3. The summed E-state index contributed by atoms with van der Waals surface area (Å²) in [7, 11) is 0. The highest BCUT2D eigenvalue weighted by Gasteiger charge is 2.63. The van der Waals surface area contributed by atoms with Crippen LogP contribution in [0.3, 0.4) is 0 Å². The van der Waals surface area contributed by atoms with Gasteiger partial charge in [-0.1, -0.05) is 19.9 Å². The van der Waals surface area contributed by atoms with Crippen molar-refractivity contribution in [3.63, 3.8) is 0 Å². The van der Waals surface area contributed by atoms with Crippen molar-refractivity contribution < 1.29 is 9.50 Å². The lowest BCUT2D eigenvalue weighted by Gasteiger charge is -2.61. The lowest BCUT2D eigenvalue weighted by Crippen LogP contribution is -2.56. The predicted molar refractivity (Wildman–Crippen MR) is 126 cm³/mol. The third kappa shape index (κ3) is 2.45. The van der Waals surface area contributed by atoms with Crippen LogP contribution in [0.4, 0.5) is 4.39 Å². The molecule has 5 heteroatoms. The molecule has 0 saturated heterocycles. The van der Waals surface area contributed by atoms with Crippen molar-refractivity contribution in [2.75, 3.05) is 0 Å². The number of hydrogen-bond donors (Lipinski definition) is 1. The smallest absolute Gasteiger partial charge is 0.166 e. The van der Waals surface area contributed by atoms with E-state index in [4.69, 9.17) is 10.1 Å². The molecule has 0 unspecified atom stereocenters. The normalized spacial score (nSPS) is 42.1. The maximum Gasteiger partial charge on any atom is 0.166 e. The Morgan fingerprint density at radius 3 is 2.73 bits per heavy atom. The van der Waals surface area contributed by atoms with Gasteiger partial charge in [-0.05, 0) is 110 Å². The predicted octanol–water partition coefficient (Wildman–Crippen LogP) is 5.73. The average molecular weight is 448 g/mol. The van der Waals surface area contributed by atoms with Crippen LogP contribution < -0.4 is 0 Å². The number of aromatic nitrogens is 3. The van der Waals surface area contributed by atoms with Gasteiger partial charge in [-0.3, -0.25) is 0 Å². The van der Waals surface area contributed by atoms with Crippen LogP contribution in [0.2, 0.25) is 0 Å². The molecule has 3 saturated carbocycles. The molecule has 7 rings (SSSR count). The van der Waals surface area contributed by atoms with Crippen LogP contribution in [0.15, 0.2) is 24.4 Å². The topological polar surface area (TPSA) is 50.4 Å². The van der Waals surface area contributed by atoms with Crippen LogP contribution in [-0.4, -0.2) is 25.3 Å². The van der Waals surface area contributed by atoms with Gasteiger partial charge >= 0.3 is 0 Å². The van der Waals surface area contributed by atoms with E-state index in [9.17, 15) is 9.50 Å². The lowest BCUT2D eigenvalue weighted by molar-refractivity contribution is -0.139. The summed E-state index contributed by atoms with van der Waals surface area (Å²) >= 11 is 0. The van der Waals surface area contributed by atoms with Gasteiger partial charge in [0.1, 0.15) is 5.82 Å². The van der Waals surface area contributed by atoms with Crippen molar-refractivity contribution >= 4 is 16.6 Å². The molecular weight excluding hydrogens is 413 g/mol. The monoisotopic (exact) mass is 447 g/mol. The molecule has 3 fully saturated rings. The van der Waals surface area contributed by atoms with Crippen molar-refractivity contribution in [3.8, 4) is 0 Å². The fraction of sp³-hybridized carbons (Fsp3) is 0.643. The minimum Gasteiger partial charge on any atom is -0.390 e. The Bertz CT molecular complexity index is 1300. The van der Waals surface area contributed by atoms with Crippen LogP contribution in [0.5, 0.6) is 0 Å². The van der Waals surface area contributed by atoms with Gasteiger partial charge in [-0.25, -0.2) is 13.9 Å². The number of halogens is 1. The Morgan fingerprint density at radius 1 is 1.06 bits per heavy atom. The Hall–Kier alpha value is -2.01. The SMILES string of the molecule is C[C@]12Cc3cnc4c5c(F)cccc5nn4c3C[C@@H]1CC[C@@H]1[C@@H]2CC[C@@]2(C)[C@H]1CC[C@]2(C)O. The summed E-state index contributed by atoms with van der Waals surface area (Å²) in [5.74, 6) is 2.46. The molecule has 2 aromatic heterocycles. The van der Waals surface area contributed by atoms with E-state index in [1.165, 1.54) is 43.0 Å². The van der Waals surface area contributed by atoms with Crippen LogP contribution in [0.1, 0.15) is 70.6 Å². The molecule has 0 spiro atoms. The fourth-order valence-corrected chi connectivity index (χ4v) is 9.13. The minimum atomic E-state index is -0.521. The maximum absolute atomic E-state index is 14.6. The second-order valence-electron chi connectivity index (χ2n) is 12.4. The largest absolute Gasteiger partial charge is 0.390 e. The fourth-order valence-electron chi connectivity index (χ4n) is 9.13. The molecule has 174 valence electrons. The zero-order valence-corrected chi connectivity index (χ0v) is 19.9. The molecule has 3 aromatic rings. The van der Waals surface area contributed by atoms with Gasteiger partial charge in [-0.2, -0.15) is 5.10 Å². The van der Waals surface area contributed by atoms with E-state index < -0.39 is 5.60 Å². The molecule has 33 heavy (non-hydrogen) atoms. The molecule has 1 aromatic carbocycles. The van der Waals surface area contributed by atoms with Gasteiger partial charge in [0, 0.05) is 11.9 Å². The summed E-state index contributed by atoms with van der Waals surface area (Å²) in [4.78, 5) is 4.73. The zero-order chi connectivity index (χ0) is 22.8. The second-order valence-corrected chi connectivity index (χ2v) is 12.4. The average Bonchev–Trinajstić information content (AvgIpc) is 3.27. The molecule has 4 aliphatic rings. The first kappa shape index (κ1) is 20.4. The van der Waals surface area contributed by atoms with Crippen LogP contribution in [0.25, 0.3) is 16.6 Å². The van der Waals surface area contributed by atoms with Crippen LogP contribution in [-0.2, 0) is 12.8 Å². The van der Waals surface area contributed by atoms with E-state index in [1.807, 2.05) is 16.8 Å². The van der Waals surface area contributed by atoms with Gasteiger partial charge < -0.3 is 5.11 Å². The Labute approximate surface area is 194 Å². The molecule has 0 aliphatic heterocycles. The first-order valence-corrected chi connectivity index (χ1v) is 12.9. The highest BCUT2D eigenvalue weighted by Crippen LogP contribution is 2.67. The van der Waals surface area contributed by atoms with E-state index in [1.54, 1.807) is 6.07 Å². The molecular formula is C28H34FN3O. The van der Waals surface area contributed by atoms with Crippen molar-refractivity contribution in [2.24, 2.45) is 34.5 Å². The number of aliphatic hydroxyl groups is 1. The molecule has 1 N–H and O–H groups in total. The first-order valence-electron chi connectivity index (χ1n) is 12.9. The van der Waals surface area contributed by atoms with Crippen molar-refractivity contribution in [2.45, 2.75) is 77.7 Å². The number of rotatable bonds is 0. The first-order chi connectivity index (χ1) is 15.7. The van der Waals surface area contributed by atoms with Crippen LogP contribution in [0, 0.1) is 40.3 Å². The Kier molecular flexibility index (Phi) is 3.92. The molecule has 4 aliphatic carbocycles. The van der Waals surface area contributed by atoms with Gasteiger partial charge in [0.25, 0.3) is 0 Å². The third-order valence-electron chi connectivity index (χ3n) is 11.2. The Balaban J connectivity index is 1.30. The van der Waals surface area contributed by atoms with E-state index in [-0.39, 0.29) is 16.6 Å². The van der Waals surface area contributed by atoms with Crippen molar-refractivity contribution in [3.05, 3.63) is 41.5 Å². The molecule has 0 radical (unpaired) electrons. The number of fused-ring (bicyclic) bond motifs is 10. The van der Waals surface area contributed by atoms with E-state index in [0.717, 1.165) is 31.6 Å². The van der Waals surface area contributed by atoms with Gasteiger partial charge in [0.2, 0.25) is 0 Å². The second kappa shape index (κ2) is 6.35. The molecule has 7 atom stereocenters. The summed E-state index contributed by atoms with van der Waals surface area (Å²) in [5, 5.41) is 16.5. The lowest BCUT2D eigenvalue weighted by atomic mass is 9.44. The standard InChI is InChI=1S/C28H34FN3O/c1-26-14-16-15-30-25-24-21(29)5-4-6-22(24)31-32(25)23(16)13-17(26)7-8-18-19(26)9-11-27(2)20(18)10-12-28(27,3)33/h4-6,15,17-20,33H,7-14H2,1-3H3/t17-,18+,19-,20-,26-,27-,28-/m0/s1. The highest BCUT2D eigenvalue weighted by molar-refractivity contribution is 5.92. The van der Waals surface area contributed by atoms with Gasteiger partial charge in [0.05, 0.1) is 16.5 Å².